The summed E-state index contributed by atoms with van der Waals surface area (Å²) >= 11 is 1.56. The minimum absolute atomic E-state index is 0.0339. The highest BCUT2D eigenvalue weighted by Crippen LogP contribution is 2.14. The van der Waals surface area contributed by atoms with E-state index in [2.05, 4.69) is 10.3 Å². The first kappa shape index (κ1) is 13.4. The van der Waals surface area contributed by atoms with E-state index in [-0.39, 0.29) is 12.5 Å². The number of nitrogens with zero attached hydrogens (tertiary/aromatic N) is 1. The summed E-state index contributed by atoms with van der Waals surface area (Å²) in [4.78, 5) is 16.9. The summed E-state index contributed by atoms with van der Waals surface area (Å²) in [5.74, 6) is 0.399. The highest BCUT2D eigenvalue weighted by atomic mass is 32.1. The molecule has 1 aromatic carbocycles. The van der Waals surface area contributed by atoms with Gasteiger partial charge in [-0.1, -0.05) is 6.07 Å². The van der Waals surface area contributed by atoms with Crippen molar-refractivity contribution in [2.75, 3.05) is 12.3 Å². The van der Waals surface area contributed by atoms with Crippen LogP contribution in [0.4, 0.5) is 5.69 Å². The number of hydrogen-bond acceptors (Lipinski definition) is 5. The number of nitrogens with one attached hydrogen (secondary N) is 1. The fourth-order valence-corrected chi connectivity index (χ4v) is 2.19. The number of nitrogen functional groups attached to an aromatic ring is 1. The Morgan fingerprint density at radius 1 is 1.53 bits per heavy atom. The van der Waals surface area contributed by atoms with E-state index in [1.54, 1.807) is 41.8 Å². The quantitative estimate of drug-likeness (QED) is 0.816. The number of amides is 1. The summed E-state index contributed by atoms with van der Waals surface area (Å²) in [7, 11) is 0. The Hall–Kier alpha value is -2.08. The van der Waals surface area contributed by atoms with Gasteiger partial charge in [-0.3, -0.25) is 4.79 Å². The molecule has 0 saturated carbocycles. The van der Waals surface area contributed by atoms with Crippen molar-refractivity contribution in [3.05, 3.63) is 40.3 Å². The van der Waals surface area contributed by atoms with Gasteiger partial charge in [0.25, 0.3) is 5.91 Å². The summed E-state index contributed by atoms with van der Waals surface area (Å²) < 4.78 is 5.33. The summed E-state index contributed by atoms with van der Waals surface area (Å²) in [5.41, 5.74) is 6.22. The van der Waals surface area contributed by atoms with Crippen LogP contribution in [0.3, 0.4) is 0 Å². The molecule has 1 heterocycles. The van der Waals surface area contributed by atoms with E-state index in [0.717, 1.165) is 9.88 Å². The molecule has 2 aromatic rings. The SMILES string of the molecule is Cc1cnc(CNC(=O)COc2cccc(N)c2)s1. The molecule has 19 heavy (non-hydrogen) atoms. The maximum absolute atomic E-state index is 11.6. The fourth-order valence-electron chi connectivity index (χ4n) is 1.46. The summed E-state index contributed by atoms with van der Waals surface area (Å²) in [6, 6.07) is 6.98. The van der Waals surface area contributed by atoms with Gasteiger partial charge in [0.1, 0.15) is 10.8 Å². The molecule has 0 fully saturated rings. The maximum atomic E-state index is 11.6. The zero-order chi connectivity index (χ0) is 13.7. The highest BCUT2D eigenvalue weighted by molar-refractivity contribution is 7.11. The van der Waals surface area contributed by atoms with E-state index in [1.165, 1.54) is 0 Å². The van der Waals surface area contributed by atoms with E-state index in [1.807, 2.05) is 6.92 Å². The molecule has 0 saturated heterocycles. The number of aryl methyl sites for hydroxylation is 1. The van der Waals surface area contributed by atoms with Gasteiger partial charge in [0.2, 0.25) is 0 Å². The lowest BCUT2D eigenvalue weighted by atomic mass is 10.3. The number of hydrogen-bond donors (Lipinski definition) is 2. The lowest BCUT2D eigenvalue weighted by molar-refractivity contribution is -0.123. The molecular weight excluding hydrogens is 262 g/mol. The van der Waals surface area contributed by atoms with E-state index in [0.29, 0.717) is 18.0 Å². The van der Waals surface area contributed by atoms with Crippen molar-refractivity contribution in [1.82, 2.24) is 10.3 Å². The van der Waals surface area contributed by atoms with Gasteiger partial charge in [-0.2, -0.15) is 0 Å². The van der Waals surface area contributed by atoms with Crippen LogP contribution < -0.4 is 15.8 Å². The molecule has 0 atom stereocenters. The number of benzene rings is 1. The Kier molecular flexibility index (Phi) is 4.35. The first-order valence-electron chi connectivity index (χ1n) is 5.80. The molecule has 100 valence electrons. The normalized spacial score (nSPS) is 10.2. The van der Waals surface area contributed by atoms with E-state index in [9.17, 15) is 4.79 Å². The summed E-state index contributed by atoms with van der Waals surface area (Å²) in [5, 5.41) is 3.63. The Morgan fingerprint density at radius 3 is 3.05 bits per heavy atom. The van der Waals surface area contributed by atoms with Crippen LogP contribution in [0, 0.1) is 6.92 Å². The van der Waals surface area contributed by atoms with Gasteiger partial charge in [0.05, 0.1) is 6.54 Å². The lowest BCUT2D eigenvalue weighted by Gasteiger charge is -2.06. The largest absolute Gasteiger partial charge is 0.484 e. The number of nitrogens with two attached hydrogens (primary N) is 1. The molecule has 1 aromatic heterocycles. The van der Waals surface area contributed by atoms with Gasteiger partial charge in [-0.25, -0.2) is 4.98 Å². The third-order valence-corrected chi connectivity index (χ3v) is 3.25. The minimum Gasteiger partial charge on any atom is -0.484 e. The Balaban J connectivity index is 1.75. The third kappa shape index (κ3) is 4.26. The number of rotatable bonds is 5. The molecule has 0 bridgehead atoms. The van der Waals surface area contributed by atoms with Crippen LogP contribution in [0.15, 0.2) is 30.5 Å². The Morgan fingerprint density at radius 2 is 2.37 bits per heavy atom. The number of carbonyl (C=O) groups is 1. The van der Waals surface area contributed by atoms with Crippen LogP contribution in [-0.4, -0.2) is 17.5 Å². The van der Waals surface area contributed by atoms with Crippen LogP contribution >= 0.6 is 11.3 Å². The molecule has 0 radical (unpaired) electrons. The zero-order valence-corrected chi connectivity index (χ0v) is 11.4. The van der Waals surface area contributed by atoms with E-state index < -0.39 is 0 Å². The Labute approximate surface area is 115 Å². The molecule has 0 aliphatic carbocycles. The molecule has 6 heteroatoms. The molecule has 0 aliphatic heterocycles. The molecule has 3 N–H and O–H groups in total. The second kappa shape index (κ2) is 6.19. The average molecular weight is 277 g/mol. The molecule has 1 amide bonds. The van der Waals surface area contributed by atoms with Gasteiger partial charge in [-0.05, 0) is 19.1 Å². The number of thiazole rings is 1. The number of aromatic nitrogens is 1. The zero-order valence-electron chi connectivity index (χ0n) is 10.6. The average Bonchev–Trinajstić information content (AvgIpc) is 2.80. The van der Waals surface area contributed by atoms with E-state index in [4.69, 9.17) is 10.5 Å². The van der Waals surface area contributed by atoms with Gasteiger partial charge < -0.3 is 15.8 Å². The molecule has 5 nitrogen and oxygen atoms in total. The first-order valence-corrected chi connectivity index (χ1v) is 6.61. The molecular formula is C13H15N3O2S. The smallest absolute Gasteiger partial charge is 0.258 e. The van der Waals surface area contributed by atoms with Crippen molar-refractivity contribution < 1.29 is 9.53 Å². The predicted molar refractivity (Wildman–Crippen MR) is 75.0 cm³/mol. The van der Waals surface area contributed by atoms with Crippen LogP contribution in [0.2, 0.25) is 0 Å². The molecule has 0 unspecified atom stereocenters. The minimum atomic E-state index is -0.185. The van der Waals surface area contributed by atoms with Crippen molar-refractivity contribution in [2.45, 2.75) is 13.5 Å². The summed E-state index contributed by atoms with van der Waals surface area (Å²) in [6.45, 7) is 2.37. The van der Waals surface area contributed by atoms with Crippen LogP contribution in [0.25, 0.3) is 0 Å². The van der Waals surface area contributed by atoms with Gasteiger partial charge in [-0.15, -0.1) is 11.3 Å². The van der Waals surface area contributed by atoms with Crippen molar-refractivity contribution in [2.24, 2.45) is 0 Å². The monoisotopic (exact) mass is 277 g/mol. The topological polar surface area (TPSA) is 77.2 Å². The van der Waals surface area contributed by atoms with Crippen molar-refractivity contribution in [3.63, 3.8) is 0 Å². The van der Waals surface area contributed by atoms with Gasteiger partial charge in [0, 0.05) is 22.8 Å². The van der Waals surface area contributed by atoms with Crippen LogP contribution in [-0.2, 0) is 11.3 Å². The first-order chi connectivity index (χ1) is 9.13. The summed E-state index contributed by atoms with van der Waals surface area (Å²) in [6.07, 6.45) is 1.79. The lowest BCUT2D eigenvalue weighted by Crippen LogP contribution is -2.28. The van der Waals surface area contributed by atoms with Gasteiger partial charge in [0.15, 0.2) is 6.61 Å². The molecule has 0 aliphatic rings. The number of carbonyl (C=O) groups excluding carboxylic acids is 1. The van der Waals surface area contributed by atoms with Crippen LogP contribution in [0.5, 0.6) is 5.75 Å². The molecule has 2 rings (SSSR count). The van der Waals surface area contributed by atoms with Crippen molar-refractivity contribution in [3.8, 4) is 5.75 Å². The van der Waals surface area contributed by atoms with Crippen molar-refractivity contribution >= 4 is 22.9 Å². The van der Waals surface area contributed by atoms with E-state index >= 15 is 0 Å². The Bertz CT molecular complexity index is 569. The van der Waals surface area contributed by atoms with Gasteiger partial charge >= 0.3 is 0 Å². The van der Waals surface area contributed by atoms with Crippen molar-refractivity contribution in [1.29, 1.82) is 0 Å². The standard InChI is InChI=1S/C13H15N3O2S/c1-9-6-16-13(19-9)7-15-12(17)8-18-11-4-2-3-10(14)5-11/h2-6H,7-8,14H2,1H3,(H,15,17). The highest BCUT2D eigenvalue weighted by Gasteiger charge is 2.04. The fraction of sp³-hybridized carbons (Fsp3) is 0.231. The second-order valence-electron chi connectivity index (χ2n) is 4.00. The number of anilines is 1. The third-order valence-electron chi connectivity index (χ3n) is 2.33. The second-order valence-corrected chi connectivity index (χ2v) is 5.32. The predicted octanol–water partition coefficient (Wildman–Crippen LogP) is 1.73. The maximum Gasteiger partial charge on any atom is 0.258 e. The molecule has 0 spiro atoms. The number of ether oxygens (including phenoxy) is 1. The van der Waals surface area contributed by atoms with Crippen LogP contribution in [0.1, 0.15) is 9.88 Å².